The minimum absolute atomic E-state index is 0.153. The average molecular weight is 350 g/mol. The number of hydrogen-bond acceptors (Lipinski definition) is 5. The highest BCUT2D eigenvalue weighted by Gasteiger charge is 2.48. The van der Waals surface area contributed by atoms with Crippen molar-refractivity contribution in [3.05, 3.63) is 35.9 Å². The molecule has 0 radical (unpaired) electrons. The van der Waals surface area contributed by atoms with E-state index in [1.54, 1.807) is 18.2 Å². The molecule has 0 saturated heterocycles. The Balaban J connectivity index is 2.52. The van der Waals surface area contributed by atoms with Gasteiger partial charge in [0.2, 0.25) is 0 Å². The maximum atomic E-state index is 12.4. The molecule has 0 aromatic heterocycles. The highest BCUT2D eigenvalue weighted by atomic mass is 32.2. The predicted molar refractivity (Wildman–Crippen MR) is 76.8 cm³/mol. The Morgan fingerprint density at radius 2 is 1.83 bits per heavy atom. The zero-order chi connectivity index (χ0) is 17.3. The van der Waals surface area contributed by atoms with E-state index in [0.29, 0.717) is 10.8 Å². The van der Waals surface area contributed by atoms with E-state index < -0.39 is 21.4 Å². The first-order chi connectivity index (χ1) is 10.6. The molecule has 0 unspecified atom stereocenters. The number of ether oxygens (including phenoxy) is 2. The van der Waals surface area contributed by atoms with Crippen molar-refractivity contribution in [2.75, 3.05) is 13.9 Å². The molecule has 126 valence electrons. The van der Waals surface area contributed by atoms with E-state index >= 15 is 0 Å². The number of aryl methyl sites for hydroxylation is 1. The lowest BCUT2D eigenvalue weighted by atomic mass is 10.1. The van der Waals surface area contributed by atoms with E-state index in [0.717, 1.165) is 11.6 Å². The number of halogens is 3. The van der Waals surface area contributed by atoms with Crippen molar-refractivity contribution in [2.45, 2.75) is 12.4 Å². The SMILES string of the molecule is COCOc1cc(OS(=O)(=O)C(F)(F)F)cc2ccc(C)cc12. The molecule has 0 bridgehead atoms. The van der Waals surface area contributed by atoms with E-state index in [9.17, 15) is 21.6 Å². The third-order valence-electron chi connectivity index (χ3n) is 2.87. The maximum Gasteiger partial charge on any atom is 0.534 e. The number of alkyl halides is 3. The van der Waals surface area contributed by atoms with Crippen molar-refractivity contribution >= 4 is 20.9 Å². The van der Waals surface area contributed by atoms with Gasteiger partial charge in [-0.2, -0.15) is 21.6 Å². The van der Waals surface area contributed by atoms with Gasteiger partial charge in [-0.3, -0.25) is 0 Å². The summed E-state index contributed by atoms with van der Waals surface area (Å²) in [4.78, 5) is 0. The Morgan fingerprint density at radius 1 is 1.13 bits per heavy atom. The van der Waals surface area contributed by atoms with Gasteiger partial charge in [0, 0.05) is 18.6 Å². The number of benzene rings is 2. The van der Waals surface area contributed by atoms with Gasteiger partial charge in [0.25, 0.3) is 0 Å². The van der Waals surface area contributed by atoms with Crippen molar-refractivity contribution in [1.82, 2.24) is 0 Å². The van der Waals surface area contributed by atoms with Crippen LogP contribution in [0.25, 0.3) is 10.8 Å². The van der Waals surface area contributed by atoms with E-state index in [2.05, 4.69) is 4.18 Å². The summed E-state index contributed by atoms with van der Waals surface area (Å²) in [5.41, 5.74) is -4.61. The molecular formula is C14H13F3O5S. The molecule has 2 aromatic rings. The van der Waals surface area contributed by atoms with Crippen molar-refractivity contribution in [1.29, 1.82) is 0 Å². The molecule has 0 amide bonds. The third-order valence-corrected chi connectivity index (χ3v) is 3.85. The second-order valence-electron chi connectivity index (χ2n) is 4.68. The standard InChI is InChI=1S/C14H13F3O5S/c1-9-3-4-10-6-11(22-23(18,19)14(15,16)17)7-13(12(10)5-9)21-8-20-2/h3-7H,8H2,1-2H3. The fourth-order valence-corrected chi connectivity index (χ4v) is 2.32. The molecule has 5 nitrogen and oxygen atoms in total. The zero-order valence-electron chi connectivity index (χ0n) is 12.2. The van der Waals surface area contributed by atoms with Crippen LogP contribution in [0.3, 0.4) is 0 Å². The Morgan fingerprint density at radius 3 is 2.43 bits per heavy atom. The summed E-state index contributed by atoms with van der Waals surface area (Å²) in [6.07, 6.45) is 0. The highest BCUT2D eigenvalue weighted by Crippen LogP contribution is 2.34. The minimum Gasteiger partial charge on any atom is -0.467 e. The van der Waals surface area contributed by atoms with E-state index in [1.807, 2.05) is 6.92 Å². The summed E-state index contributed by atoms with van der Waals surface area (Å²) in [6, 6.07) is 7.37. The smallest absolute Gasteiger partial charge is 0.467 e. The van der Waals surface area contributed by atoms with Gasteiger partial charge in [-0.1, -0.05) is 17.7 Å². The quantitative estimate of drug-likeness (QED) is 0.470. The number of rotatable bonds is 5. The van der Waals surface area contributed by atoms with Crippen molar-refractivity contribution in [3.63, 3.8) is 0 Å². The largest absolute Gasteiger partial charge is 0.534 e. The van der Waals surface area contributed by atoms with E-state index in [4.69, 9.17) is 9.47 Å². The van der Waals surface area contributed by atoms with Crippen LogP contribution in [-0.2, 0) is 14.9 Å². The van der Waals surface area contributed by atoms with Crippen LogP contribution < -0.4 is 8.92 Å². The molecule has 0 spiro atoms. The summed E-state index contributed by atoms with van der Waals surface area (Å²) in [5.74, 6) is -0.342. The molecular weight excluding hydrogens is 337 g/mol. The Labute approximate surface area is 130 Å². The lowest BCUT2D eigenvalue weighted by Gasteiger charge is -2.13. The fraction of sp³-hybridized carbons (Fsp3) is 0.286. The van der Waals surface area contributed by atoms with Crippen LogP contribution in [0.2, 0.25) is 0 Å². The predicted octanol–water partition coefficient (Wildman–Crippen LogP) is 3.36. The Kier molecular flexibility index (Phi) is 4.71. The molecule has 9 heteroatoms. The van der Waals surface area contributed by atoms with Gasteiger partial charge in [-0.05, 0) is 24.4 Å². The molecule has 0 N–H and O–H groups in total. The average Bonchev–Trinajstić information content (AvgIpc) is 2.43. The lowest BCUT2D eigenvalue weighted by molar-refractivity contribution is -0.0500. The van der Waals surface area contributed by atoms with Crippen LogP contribution in [0.1, 0.15) is 5.56 Å². The van der Waals surface area contributed by atoms with Crippen LogP contribution in [0.5, 0.6) is 11.5 Å². The normalized spacial score (nSPS) is 12.4. The van der Waals surface area contributed by atoms with E-state index in [-0.39, 0.29) is 12.5 Å². The van der Waals surface area contributed by atoms with Gasteiger partial charge in [0.1, 0.15) is 11.5 Å². The number of hydrogen-bond donors (Lipinski definition) is 0. The minimum atomic E-state index is -5.75. The van der Waals surface area contributed by atoms with Crippen LogP contribution in [0.4, 0.5) is 13.2 Å². The first kappa shape index (κ1) is 17.4. The summed E-state index contributed by atoms with van der Waals surface area (Å²) in [5, 5.41) is 1.07. The van der Waals surface area contributed by atoms with Crippen LogP contribution in [0, 0.1) is 6.92 Å². The Bertz CT molecular complexity index is 815. The Hall–Kier alpha value is -2.00. The molecule has 0 aliphatic heterocycles. The first-order valence-corrected chi connectivity index (χ1v) is 7.72. The molecule has 0 aliphatic carbocycles. The molecule has 23 heavy (non-hydrogen) atoms. The lowest BCUT2D eigenvalue weighted by Crippen LogP contribution is -2.28. The van der Waals surface area contributed by atoms with E-state index in [1.165, 1.54) is 13.2 Å². The van der Waals surface area contributed by atoms with Crippen LogP contribution >= 0.6 is 0 Å². The molecule has 0 saturated carbocycles. The molecule has 2 aromatic carbocycles. The van der Waals surface area contributed by atoms with Crippen molar-refractivity contribution in [2.24, 2.45) is 0 Å². The van der Waals surface area contributed by atoms with Gasteiger partial charge in [0.15, 0.2) is 6.79 Å². The summed E-state index contributed by atoms with van der Waals surface area (Å²) in [6.45, 7) is 1.68. The van der Waals surface area contributed by atoms with Gasteiger partial charge in [0.05, 0.1) is 0 Å². The molecule has 0 fully saturated rings. The fourth-order valence-electron chi connectivity index (χ4n) is 1.88. The van der Waals surface area contributed by atoms with Gasteiger partial charge in [-0.25, -0.2) is 0 Å². The second kappa shape index (κ2) is 6.25. The zero-order valence-corrected chi connectivity index (χ0v) is 13.0. The number of methoxy groups -OCH3 is 1. The third kappa shape index (κ3) is 3.85. The van der Waals surface area contributed by atoms with Crippen LogP contribution in [-0.4, -0.2) is 27.8 Å². The summed E-state index contributed by atoms with van der Waals surface area (Å²) >= 11 is 0. The van der Waals surface area contributed by atoms with Gasteiger partial charge in [-0.15, -0.1) is 0 Å². The van der Waals surface area contributed by atoms with Crippen molar-refractivity contribution < 1.29 is 35.2 Å². The van der Waals surface area contributed by atoms with Crippen molar-refractivity contribution in [3.8, 4) is 11.5 Å². The molecule has 0 aliphatic rings. The van der Waals surface area contributed by atoms with Crippen LogP contribution in [0.15, 0.2) is 30.3 Å². The number of fused-ring (bicyclic) bond motifs is 1. The molecule has 2 rings (SSSR count). The molecule has 0 heterocycles. The molecule has 0 atom stereocenters. The second-order valence-corrected chi connectivity index (χ2v) is 6.22. The maximum absolute atomic E-state index is 12.4. The highest BCUT2D eigenvalue weighted by molar-refractivity contribution is 7.88. The summed E-state index contributed by atoms with van der Waals surface area (Å²) < 4.78 is 73.7. The van der Waals surface area contributed by atoms with Gasteiger partial charge >= 0.3 is 15.6 Å². The first-order valence-electron chi connectivity index (χ1n) is 6.31. The summed E-state index contributed by atoms with van der Waals surface area (Å²) in [7, 11) is -4.37. The van der Waals surface area contributed by atoms with Gasteiger partial charge < -0.3 is 13.7 Å². The monoisotopic (exact) mass is 350 g/mol. The topological polar surface area (TPSA) is 61.8 Å².